The van der Waals surface area contributed by atoms with Crippen molar-refractivity contribution in [2.24, 2.45) is 0 Å². The first-order valence-corrected chi connectivity index (χ1v) is 10.4. The third kappa shape index (κ3) is 5.02. The third-order valence-electron chi connectivity index (χ3n) is 4.29. The van der Waals surface area contributed by atoms with Gasteiger partial charge in [0.2, 0.25) is 10.0 Å². The number of nitrogens with zero attached hydrogens (tertiary/aromatic N) is 1. The van der Waals surface area contributed by atoms with Crippen molar-refractivity contribution in [3.8, 4) is 0 Å². The minimum atomic E-state index is -3.47. The molecule has 0 unspecified atom stereocenters. The van der Waals surface area contributed by atoms with Gasteiger partial charge in [-0.05, 0) is 31.5 Å². The number of amides is 1. The lowest BCUT2D eigenvalue weighted by molar-refractivity contribution is -0.895. The lowest BCUT2D eigenvalue weighted by Gasteiger charge is -2.31. The van der Waals surface area contributed by atoms with Crippen LogP contribution in [0.15, 0.2) is 33.6 Å². The molecule has 24 heavy (non-hydrogen) atoms. The number of quaternary nitrogens is 1. The van der Waals surface area contributed by atoms with Crippen LogP contribution in [0.4, 0.5) is 0 Å². The highest BCUT2D eigenvalue weighted by Gasteiger charge is 2.31. The summed E-state index contributed by atoms with van der Waals surface area (Å²) in [6.45, 7) is 6.55. The Labute approximate surface area is 152 Å². The summed E-state index contributed by atoms with van der Waals surface area (Å²) in [7, 11) is -3.47. The summed E-state index contributed by atoms with van der Waals surface area (Å²) < 4.78 is 27.6. The maximum atomic E-state index is 12.7. The van der Waals surface area contributed by atoms with Crippen molar-refractivity contribution in [3.05, 3.63) is 28.7 Å². The summed E-state index contributed by atoms with van der Waals surface area (Å²) in [6.07, 6.45) is 0.903. The molecule has 2 rings (SSSR count). The Morgan fingerprint density at radius 1 is 1.38 bits per heavy atom. The number of nitrogens with one attached hydrogen (secondary N) is 2. The Morgan fingerprint density at radius 3 is 2.62 bits per heavy atom. The molecule has 1 heterocycles. The lowest BCUT2D eigenvalue weighted by Crippen LogP contribution is -3.15. The number of carbonyl (C=O) groups is 1. The zero-order valence-corrected chi connectivity index (χ0v) is 16.5. The topological polar surface area (TPSA) is 70.9 Å². The van der Waals surface area contributed by atoms with E-state index >= 15 is 0 Å². The fraction of sp³-hybridized carbons (Fsp3) is 0.562. The highest BCUT2D eigenvalue weighted by atomic mass is 79.9. The molecule has 0 spiro atoms. The fourth-order valence-electron chi connectivity index (χ4n) is 2.65. The van der Waals surface area contributed by atoms with E-state index < -0.39 is 10.0 Å². The van der Waals surface area contributed by atoms with Crippen LogP contribution in [0.2, 0.25) is 0 Å². The molecule has 1 aromatic rings. The first kappa shape index (κ1) is 19.4. The molecule has 1 aromatic carbocycles. The monoisotopic (exact) mass is 418 g/mol. The number of sulfonamides is 1. The van der Waals surface area contributed by atoms with Gasteiger partial charge in [-0.2, -0.15) is 4.31 Å². The Bertz CT molecular complexity index is 673. The molecule has 6 nitrogen and oxygen atoms in total. The van der Waals surface area contributed by atoms with E-state index in [0.29, 0.717) is 37.6 Å². The second kappa shape index (κ2) is 8.42. The van der Waals surface area contributed by atoms with E-state index in [1.165, 1.54) is 4.31 Å². The molecule has 1 amide bonds. The van der Waals surface area contributed by atoms with Crippen LogP contribution >= 0.6 is 15.9 Å². The quantitative estimate of drug-likeness (QED) is 0.695. The highest BCUT2D eigenvalue weighted by Crippen LogP contribution is 2.19. The summed E-state index contributed by atoms with van der Waals surface area (Å²) in [4.78, 5) is 13.4. The van der Waals surface area contributed by atoms with Crippen LogP contribution in [0.25, 0.3) is 0 Å². The number of carbonyl (C=O) groups excluding carboxylic acids is 1. The molecule has 0 saturated carbocycles. The maximum absolute atomic E-state index is 12.7. The normalized spacial score (nSPS) is 18.3. The van der Waals surface area contributed by atoms with E-state index in [9.17, 15) is 13.2 Å². The van der Waals surface area contributed by atoms with Gasteiger partial charge in [-0.15, -0.1) is 0 Å². The Balaban J connectivity index is 1.91. The number of hydrogen-bond acceptors (Lipinski definition) is 3. The number of halogens is 1. The Kier molecular flexibility index (Phi) is 6.79. The van der Waals surface area contributed by atoms with Gasteiger partial charge in [0.25, 0.3) is 5.91 Å². The highest BCUT2D eigenvalue weighted by molar-refractivity contribution is 9.10. The van der Waals surface area contributed by atoms with Crippen molar-refractivity contribution in [1.82, 2.24) is 9.62 Å². The van der Waals surface area contributed by atoms with Crippen molar-refractivity contribution in [2.75, 3.05) is 32.7 Å². The molecule has 0 aliphatic carbocycles. The average Bonchev–Trinajstić information content (AvgIpc) is 2.55. The van der Waals surface area contributed by atoms with Crippen LogP contribution in [0.5, 0.6) is 0 Å². The van der Waals surface area contributed by atoms with Crippen molar-refractivity contribution < 1.29 is 18.1 Å². The Hall–Kier alpha value is -0.960. The molecule has 1 aliphatic rings. The molecule has 1 saturated heterocycles. The lowest BCUT2D eigenvalue weighted by atomic mass is 10.2. The van der Waals surface area contributed by atoms with Crippen LogP contribution in [0.3, 0.4) is 0 Å². The number of hydrogen-bond donors (Lipinski definition) is 2. The van der Waals surface area contributed by atoms with Gasteiger partial charge in [-0.25, -0.2) is 8.42 Å². The zero-order chi connectivity index (χ0) is 17.7. The predicted octanol–water partition coefficient (Wildman–Crippen LogP) is 0.253. The summed E-state index contributed by atoms with van der Waals surface area (Å²) in [6, 6.07) is 6.93. The van der Waals surface area contributed by atoms with Crippen LogP contribution in [-0.4, -0.2) is 57.4 Å². The van der Waals surface area contributed by atoms with Crippen LogP contribution in [-0.2, 0) is 14.8 Å². The SMILES string of the molecule is CC[C@@H](C)NC(=O)C[NH+]1CCN(S(=O)(=O)c2cccc(Br)c2)CC1. The summed E-state index contributed by atoms with van der Waals surface area (Å²) in [5.74, 6) is 0.0302. The molecule has 2 N–H and O–H groups in total. The van der Waals surface area contributed by atoms with Crippen LogP contribution in [0, 0.1) is 0 Å². The van der Waals surface area contributed by atoms with Gasteiger partial charge in [-0.3, -0.25) is 4.79 Å². The molecular weight excluding hydrogens is 394 g/mol. The molecule has 0 aromatic heterocycles. The second-order valence-electron chi connectivity index (χ2n) is 6.17. The molecule has 1 atom stereocenters. The molecule has 1 fully saturated rings. The van der Waals surface area contributed by atoms with Crippen molar-refractivity contribution in [3.63, 3.8) is 0 Å². The molecule has 1 aliphatic heterocycles. The van der Waals surface area contributed by atoms with Gasteiger partial charge < -0.3 is 10.2 Å². The van der Waals surface area contributed by atoms with E-state index in [2.05, 4.69) is 21.2 Å². The summed E-state index contributed by atoms with van der Waals surface area (Å²) in [5, 5.41) is 2.95. The molecular formula is C16H25BrN3O3S+. The van der Waals surface area contributed by atoms with E-state index in [1.807, 2.05) is 13.8 Å². The van der Waals surface area contributed by atoms with E-state index in [4.69, 9.17) is 0 Å². The van der Waals surface area contributed by atoms with Gasteiger partial charge in [-0.1, -0.05) is 28.9 Å². The zero-order valence-electron chi connectivity index (χ0n) is 14.1. The number of piperazine rings is 1. The van der Waals surface area contributed by atoms with E-state index in [1.54, 1.807) is 24.3 Å². The molecule has 0 bridgehead atoms. The standard InChI is InChI=1S/C16H24BrN3O3S/c1-3-13(2)18-16(21)12-19-7-9-20(10-8-19)24(22,23)15-6-4-5-14(17)11-15/h4-6,11,13H,3,7-10,12H2,1-2H3,(H,18,21)/p+1/t13-/m1/s1. The van der Waals surface area contributed by atoms with Gasteiger partial charge >= 0.3 is 0 Å². The first-order chi connectivity index (χ1) is 11.3. The van der Waals surface area contributed by atoms with Crippen molar-refractivity contribution in [2.45, 2.75) is 31.2 Å². The molecule has 8 heteroatoms. The van der Waals surface area contributed by atoms with E-state index in [-0.39, 0.29) is 11.9 Å². The summed E-state index contributed by atoms with van der Waals surface area (Å²) in [5.41, 5.74) is 0. The van der Waals surface area contributed by atoms with Crippen molar-refractivity contribution >= 4 is 31.9 Å². The third-order valence-corrected chi connectivity index (χ3v) is 6.68. The average molecular weight is 419 g/mol. The maximum Gasteiger partial charge on any atom is 0.275 e. The first-order valence-electron chi connectivity index (χ1n) is 8.21. The van der Waals surface area contributed by atoms with Gasteiger partial charge in [0.15, 0.2) is 6.54 Å². The van der Waals surface area contributed by atoms with Crippen LogP contribution < -0.4 is 10.2 Å². The van der Waals surface area contributed by atoms with Gasteiger partial charge in [0.05, 0.1) is 31.1 Å². The number of rotatable bonds is 6. The minimum absolute atomic E-state index is 0.0302. The molecule has 0 radical (unpaired) electrons. The predicted molar refractivity (Wildman–Crippen MR) is 96.4 cm³/mol. The van der Waals surface area contributed by atoms with Gasteiger partial charge in [0, 0.05) is 10.5 Å². The van der Waals surface area contributed by atoms with Gasteiger partial charge in [0.1, 0.15) is 0 Å². The van der Waals surface area contributed by atoms with Crippen molar-refractivity contribution in [1.29, 1.82) is 0 Å². The Morgan fingerprint density at radius 2 is 2.04 bits per heavy atom. The molecule has 134 valence electrons. The largest absolute Gasteiger partial charge is 0.349 e. The smallest absolute Gasteiger partial charge is 0.275 e. The summed E-state index contributed by atoms with van der Waals surface area (Å²) >= 11 is 3.31. The second-order valence-corrected chi connectivity index (χ2v) is 9.02. The van der Waals surface area contributed by atoms with E-state index in [0.717, 1.165) is 15.8 Å². The minimum Gasteiger partial charge on any atom is -0.349 e. The van der Waals surface area contributed by atoms with Crippen LogP contribution in [0.1, 0.15) is 20.3 Å². The number of benzene rings is 1. The fourth-order valence-corrected chi connectivity index (χ4v) is 4.69.